The molecule has 3 atom stereocenters. The van der Waals surface area contributed by atoms with Crippen molar-refractivity contribution in [1.82, 2.24) is 15.5 Å². The lowest BCUT2D eigenvalue weighted by atomic mass is 10.2. The van der Waals surface area contributed by atoms with Gasteiger partial charge in [-0.05, 0) is 19.4 Å². The molecule has 1 saturated carbocycles. The molecule has 90 valence electrons. The normalized spacial score (nSPS) is 25.7. The first-order valence-corrected chi connectivity index (χ1v) is 5.73. The quantitative estimate of drug-likeness (QED) is 0.781. The van der Waals surface area contributed by atoms with Crippen LogP contribution in [-0.4, -0.2) is 36.9 Å². The molecule has 0 spiro atoms. The van der Waals surface area contributed by atoms with E-state index >= 15 is 0 Å². The van der Waals surface area contributed by atoms with Gasteiger partial charge in [-0.2, -0.15) is 4.98 Å². The van der Waals surface area contributed by atoms with Crippen molar-refractivity contribution in [2.24, 2.45) is 5.92 Å². The summed E-state index contributed by atoms with van der Waals surface area (Å²) in [5, 5.41) is 7.18. The minimum atomic E-state index is 0.231. The maximum atomic E-state index is 5.24. The molecule has 0 amide bonds. The van der Waals surface area contributed by atoms with Crippen LogP contribution >= 0.6 is 0 Å². The third-order valence-electron chi connectivity index (χ3n) is 3.12. The fourth-order valence-electron chi connectivity index (χ4n) is 1.84. The van der Waals surface area contributed by atoms with Gasteiger partial charge in [-0.25, -0.2) is 0 Å². The number of nitrogens with zero attached hydrogens (tertiary/aromatic N) is 2. The van der Waals surface area contributed by atoms with Crippen LogP contribution in [0.5, 0.6) is 0 Å². The van der Waals surface area contributed by atoms with E-state index in [0.717, 1.165) is 12.2 Å². The third-order valence-corrected chi connectivity index (χ3v) is 3.12. The lowest BCUT2D eigenvalue weighted by Gasteiger charge is -2.11. The Kier molecular flexibility index (Phi) is 3.56. The predicted molar refractivity (Wildman–Crippen MR) is 59.2 cm³/mol. The zero-order valence-electron chi connectivity index (χ0n) is 10.1. The van der Waals surface area contributed by atoms with E-state index in [1.54, 1.807) is 7.11 Å². The number of hydrogen-bond donors (Lipinski definition) is 1. The number of hydrogen-bond acceptors (Lipinski definition) is 5. The summed E-state index contributed by atoms with van der Waals surface area (Å²) >= 11 is 0. The second-order valence-corrected chi connectivity index (χ2v) is 4.51. The third kappa shape index (κ3) is 2.59. The summed E-state index contributed by atoms with van der Waals surface area (Å²) < 4.78 is 10.3. The van der Waals surface area contributed by atoms with Crippen molar-refractivity contribution in [2.45, 2.75) is 31.7 Å². The van der Waals surface area contributed by atoms with Crippen molar-refractivity contribution in [3.8, 4) is 0 Å². The van der Waals surface area contributed by atoms with Crippen LogP contribution in [0.4, 0.5) is 0 Å². The number of aromatic nitrogens is 2. The molecule has 1 fully saturated rings. The van der Waals surface area contributed by atoms with E-state index < -0.39 is 0 Å². The standard InChI is InChI=1S/C11H19N3O2/c1-7-4-9(7)11-13-10(16-14-11)5-8(12-2)6-15-3/h7-9,12H,4-6H2,1-3H3. The van der Waals surface area contributed by atoms with Gasteiger partial charge in [-0.15, -0.1) is 0 Å². The summed E-state index contributed by atoms with van der Waals surface area (Å²) in [7, 11) is 3.60. The van der Waals surface area contributed by atoms with Crippen LogP contribution in [0.1, 0.15) is 31.0 Å². The highest BCUT2D eigenvalue weighted by molar-refractivity contribution is 5.07. The number of rotatable bonds is 6. The predicted octanol–water partition coefficient (Wildman–Crippen LogP) is 0.970. The van der Waals surface area contributed by atoms with Crippen molar-refractivity contribution in [3.05, 3.63) is 11.7 Å². The molecule has 1 aromatic rings. The minimum Gasteiger partial charge on any atom is -0.383 e. The largest absolute Gasteiger partial charge is 0.383 e. The van der Waals surface area contributed by atoms with Crippen LogP contribution in [0.2, 0.25) is 0 Å². The van der Waals surface area contributed by atoms with E-state index in [1.165, 1.54) is 6.42 Å². The van der Waals surface area contributed by atoms with E-state index in [-0.39, 0.29) is 6.04 Å². The highest BCUT2D eigenvalue weighted by Gasteiger charge is 2.38. The van der Waals surface area contributed by atoms with Crippen molar-refractivity contribution in [3.63, 3.8) is 0 Å². The molecule has 2 rings (SSSR count). The molecule has 0 bridgehead atoms. The first kappa shape index (κ1) is 11.5. The zero-order valence-corrected chi connectivity index (χ0v) is 10.1. The van der Waals surface area contributed by atoms with Crippen molar-refractivity contribution in [1.29, 1.82) is 0 Å². The molecule has 0 saturated heterocycles. The summed E-state index contributed by atoms with van der Waals surface area (Å²) in [6, 6.07) is 0.231. The number of nitrogens with one attached hydrogen (secondary N) is 1. The summed E-state index contributed by atoms with van der Waals surface area (Å²) in [5.41, 5.74) is 0. The maximum absolute atomic E-state index is 5.24. The molecular formula is C11H19N3O2. The second kappa shape index (κ2) is 4.93. The number of likely N-dealkylation sites (N-methyl/N-ethyl adjacent to an activating group) is 1. The molecule has 5 nitrogen and oxygen atoms in total. The van der Waals surface area contributed by atoms with Gasteiger partial charge in [0.2, 0.25) is 5.89 Å². The maximum Gasteiger partial charge on any atom is 0.228 e. The average Bonchev–Trinajstić information content (AvgIpc) is 2.83. The number of methoxy groups -OCH3 is 1. The van der Waals surface area contributed by atoms with E-state index in [9.17, 15) is 0 Å². The van der Waals surface area contributed by atoms with Gasteiger partial charge >= 0.3 is 0 Å². The SMILES string of the molecule is CNC(COC)Cc1nc(C2CC2C)no1. The van der Waals surface area contributed by atoms with Crippen LogP contribution in [0.15, 0.2) is 4.52 Å². The molecule has 0 aromatic carbocycles. The fraction of sp³-hybridized carbons (Fsp3) is 0.818. The molecule has 1 heterocycles. The minimum absolute atomic E-state index is 0.231. The summed E-state index contributed by atoms with van der Waals surface area (Å²) in [6.45, 7) is 2.86. The summed E-state index contributed by atoms with van der Waals surface area (Å²) in [4.78, 5) is 4.42. The van der Waals surface area contributed by atoms with Gasteiger partial charge in [0.15, 0.2) is 5.82 Å². The molecule has 1 N–H and O–H groups in total. The lowest BCUT2D eigenvalue weighted by molar-refractivity contribution is 0.165. The van der Waals surface area contributed by atoms with Crippen LogP contribution in [0, 0.1) is 5.92 Å². The Labute approximate surface area is 95.6 Å². The Morgan fingerprint density at radius 1 is 1.62 bits per heavy atom. The van der Waals surface area contributed by atoms with Crippen molar-refractivity contribution in [2.75, 3.05) is 20.8 Å². The van der Waals surface area contributed by atoms with Crippen LogP contribution < -0.4 is 5.32 Å². The Balaban J connectivity index is 1.91. The van der Waals surface area contributed by atoms with Crippen LogP contribution in [-0.2, 0) is 11.2 Å². The van der Waals surface area contributed by atoms with E-state index in [4.69, 9.17) is 9.26 Å². The van der Waals surface area contributed by atoms with Crippen molar-refractivity contribution >= 4 is 0 Å². The Morgan fingerprint density at radius 3 is 2.94 bits per heavy atom. The van der Waals surface area contributed by atoms with Crippen molar-refractivity contribution < 1.29 is 9.26 Å². The van der Waals surface area contributed by atoms with E-state index in [1.807, 2.05) is 7.05 Å². The molecule has 0 radical (unpaired) electrons. The summed E-state index contributed by atoms with van der Waals surface area (Å²) in [5.74, 6) is 2.80. The topological polar surface area (TPSA) is 60.2 Å². The van der Waals surface area contributed by atoms with Crippen LogP contribution in [0.25, 0.3) is 0 Å². The summed E-state index contributed by atoms with van der Waals surface area (Å²) in [6.07, 6.45) is 1.91. The van der Waals surface area contributed by atoms with E-state index in [0.29, 0.717) is 24.3 Å². The molecule has 16 heavy (non-hydrogen) atoms. The van der Waals surface area contributed by atoms with Crippen LogP contribution in [0.3, 0.4) is 0 Å². The molecule has 1 aliphatic rings. The molecule has 1 aliphatic carbocycles. The van der Waals surface area contributed by atoms with Gasteiger partial charge in [-0.1, -0.05) is 12.1 Å². The zero-order chi connectivity index (χ0) is 11.5. The van der Waals surface area contributed by atoms with Gasteiger partial charge in [0.05, 0.1) is 6.61 Å². The van der Waals surface area contributed by atoms with Gasteiger partial charge in [0.1, 0.15) is 0 Å². The molecule has 1 aromatic heterocycles. The highest BCUT2D eigenvalue weighted by Crippen LogP contribution is 2.45. The first-order valence-electron chi connectivity index (χ1n) is 5.73. The van der Waals surface area contributed by atoms with Gasteiger partial charge < -0.3 is 14.6 Å². The number of ether oxygens (including phenoxy) is 1. The Morgan fingerprint density at radius 2 is 2.38 bits per heavy atom. The van der Waals surface area contributed by atoms with Gasteiger partial charge in [0.25, 0.3) is 0 Å². The Hall–Kier alpha value is -0.940. The molecule has 5 heteroatoms. The van der Waals surface area contributed by atoms with Gasteiger partial charge in [-0.3, -0.25) is 0 Å². The second-order valence-electron chi connectivity index (χ2n) is 4.51. The molecule has 3 unspecified atom stereocenters. The Bertz CT molecular complexity index is 340. The molecule has 0 aliphatic heterocycles. The monoisotopic (exact) mass is 225 g/mol. The highest BCUT2D eigenvalue weighted by atomic mass is 16.5. The first-order chi connectivity index (χ1) is 7.74. The smallest absolute Gasteiger partial charge is 0.228 e. The average molecular weight is 225 g/mol. The lowest BCUT2D eigenvalue weighted by Crippen LogP contribution is -2.32. The van der Waals surface area contributed by atoms with Gasteiger partial charge in [0, 0.05) is 25.5 Å². The fourth-order valence-corrected chi connectivity index (χ4v) is 1.84. The van der Waals surface area contributed by atoms with E-state index in [2.05, 4.69) is 22.4 Å². The molecular weight excluding hydrogens is 206 g/mol.